The minimum atomic E-state index is -0.348. The molecule has 2 aliphatic rings. The summed E-state index contributed by atoms with van der Waals surface area (Å²) >= 11 is 6.02. The first-order valence-electron chi connectivity index (χ1n) is 13.1. The Morgan fingerprint density at radius 2 is 1.44 bits per heavy atom. The van der Waals surface area contributed by atoms with Crippen molar-refractivity contribution in [3.63, 3.8) is 0 Å². The SMILES string of the molecule is CCCCCCCCCCOc1ccc(C2OC[C@H]3O[C@@H](c4ccc(Cl)cc4)CC[C@@H]3O2)cc1. The van der Waals surface area contributed by atoms with Crippen molar-refractivity contribution < 1.29 is 18.9 Å². The van der Waals surface area contributed by atoms with Crippen molar-refractivity contribution in [1.29, 1.82) is 0 Å². The quantitative estimate of drug-likeness (QED) is 0.283. The van der Waals surface area contributed by atoms with E-state index in [0.717, 1.165) is 47.8 Å². The van der Waals surface area contributed by atoms with Crippen molar-refractivity contribution in [3.05, 3.63) is 64.7 Å². The van der Waals surface area contributed by atoms with E-state index in [2.05, 4.69) is 6.92 Å². The molecule has 2 fully saturated rings. The fraction of sp³-hybridized carbons (Fsp3) is 0.586. The normalized spacial score (nSPS) is 24.5. The lowest BCUT2D eigenvalue weighted by Gasteiger charge is -2.42. The van der Waals surface area contributed by atoms with E-state index < -0.39 is 0 Å². The van der Waals surface area contributed by atoms with E-state index in [9.17, 15) is 0 Å². The summed E-state index contributed by atoms with van der Waals surface area (Å²) < 4.78 is 24.5. The van der Waals surface area contributed by atoms with E-state index in [4.69, 9.17) is 30.5 Å². The van der Waals surface area contributed by atoms with Gasteiger partial charge in [0.25, 0.3) is 0 Å². The molecule has 5 heteroatoms. The van der Waals surface area contributed by atoms with Crippen LogP contribution in [0.5, 0.6) is 5.75 Å². The molecular weight excluding hydrogens is 448 g/mol. The van der Waals surface area contributed by atoms with Gasteiger partial charge in [0.1, 0.15) is 11.9 Å². The first kappa shape index (κ1) is 25.5. The number of fused-ring (bicyclic) bond motifs is 1. The number of hydrogen-bond donors (Lipinski definition) is 0. The lowest BCUT2D eigenvalue weighted by Crippen LogP contribution is -2.45. The molecule has 4 rings (SSSR count). The number of halogens is 1. The van der Waals surface area contributed by atoms with Crippen LogP contribution >= 0.6 is 11.6 Å². The van der Waals surface area contributed by atoms with Crippen LogP contribution in [0.15, 0.2) is 48.5 Å². The Labute approximate surface area is 209 Å². The third kappa shape index (κ3) is 7.45. The summed E-state index contributed by atoms with van der Waals surface area (Å²) in [5, 5.41) is 0.745. The molecule has 2 aromatic carbocycles. The number of ether oxygens (including phenoxy) is 4. The maximum Gasteiger partial charge on any atom is 0.184 e. The van der Waals surface area contributed by atoms with Gasteiger partial charge in [-0.3, -0.25) is 0 Å². The number of benzene rings is 2. The molecule has 4 nitrogen and oxygen atoms in total. The molecule has 34 heavy (non-hydrogen) atoms. The van der Waals surface area contributed by atoms with Crippen molar-refractivity contribution in [2.24, 2.45) is 0 Å². The molecule has 2 aromatic rings. The maximum absolute atomic E-state index is 6.30. The molecule has 2 aliphatic heterocycles. The van der Waals surface area contributed by atoms with Crippen LogP contribution in [0.2, 0.25) is 5.02 Å². The van der Waals surface area contributed by atoms with E-state index in [0.29, 0.717) is 6.61 Å². The maximum atomic E-state index is 6.30. The second-order valence-corrected chi connectivity index (χ2v) is 9.96. The van der Waals surface area contributed by atoms with Crippen LogP contribution in [0.25, 0.3) is 0 Å². The molecular formula is C29H39ClO4. The molecule has 0 radical (unpaired) electrons. The van der Waals surface area contributed by atoms with Crippen LogP contribution in [-0.2, 0) is 14.2 Å². The molecule has 0 N–H and O–H groups in total. The van der Waals surface area contributed by atoms with Crippen molar-refractivity contribution in [2.75, 3.05) is 13.2 Å². The predicted octanol–water partition coefficient (Wildman–Crippen LogP) is 8.19. The first-order valence-corrected chi connectivity index (χ1v) is 13.5. The molecule has 186 valence electrons. The highest BCUT2D eigenvalue weighted by Crippen LogP contribution is 2.38. The zero-order valence-electron chi connectivity index (χ0n) is 20.4. The topological polar surface area (TPSA) is 36.9 Å². The van der Waals surface area contributed by atoms with Crippen LogP contribution in [-0.4, -0.2) is 25.4 Å². The highest BCUT2D eigenvalue weighted by molar-refractivity contribution is 6.30. The minimum Gasteiger partial charge on any atom is -0.494 e. The summed E-state index contributed by atoms with van der Waals surface area (Å²) in [7, 11) is 0. The van der Waals surface area contributed by atoms with E-state index in [1.165, 1.54) is 44.9 Å². The molecule has 0 bridgehead atoms. The van der Waals surface area contributed by atoms with Gasteiger partial charge in [0.2, 0.25) is 0 Å². The summed E-state index contributed by atoms with van der Waals surface area (Å²) in [5.74, 6) is 0.909. The van der Waals surface area contributed by atoms with Gasteiger partial charge in [-0.15, -0.1) is 0 Å². The van der Waals surface area contributed by atoms with Crippen molar-refractivity contribution in [3.8, 4) is 5.75 Å². The molecule has 2 heterocycles. The van der Waals surface area contributed by atoms with Gasteiger partial charge >= 0.3 is 0 Å². The summed E-state index contributed by atoms with van der Waals surface area (Å²) in [5.41, 5.74) is 2.19. The molecule has 0 amide bonds. The fourth-order valence-corrected chi connectivity index (χ4v) is 4.92. The fourth-order valence-electron chi connectivity index (χ4n) is 4.80. The van der Waals surface area contributed by atoms with E-state index in [1.807, 2.05) is 48.5 Å². The second kappa shape index (κ2) is 13.5. The third-order valence-electron chi connectivity index (χ3n) is 6.84. The first-order chi connectivity index (χ1) is 16.7. The van der Waals surface area contributed by atoms with Gasteiger partial charge < -0.3 is 18.9 Å². The average Bonchev–Trinajstić information content (AvgIpc) is 2.88. The Hall–Kier alpha value is -1.59. The molecule has 0 saturated carbocycles. The largest absolute Gasteiger partial charge is 0.494 e. The summed E-state index contributed by atoms with van der Waals surface area (Å²) in [6, 6.07) is 16.1. The predicted molar refractivity (Wildman–Crippen MR) is 136 cm³/mol. The van der Waals surface area contributed by atoms with Crippen molar-refractivity contribution >= 4 is 11.6 Å². The van der Waals surface area contributed by atoms with Gasteiger partial charge in [-0.25, -0.2) is 0 Å². The highest BCUT2D eigenvalue weighted by atomic mass is 35.5. The summed E-state index contributed by atoms with van der Waals surface area (Å²) in [6.45, 7) is 3.58. The summed E-state index contributed by atoms with van der Waals surface area (Å²) in [6.07, 6.45) is 12.1. The van der Waals surface area contributed by atoms with E-state index in [-0.39, 0.29) is 24.6 Å². The van der Waals surface area contributed by atoms with Gasteiger partial charge in [0.05, 0.1) is 25.4 Å². The van der Waals surface area contributed by atoms with Crippen molar-refractivity contribution in [1.82, 2.24) is 0 Å². The molecule has 4 atom stereocenters. The van der Waals surface area contributed by atoms with Gasteiger partial charge in [-0.05, 0) is 49.1 Å². The van der Waals surface area contributed by atoms with Gasteiger partial charge in [0.15, 0.2) is 6.29 Å². The van der Waals surface area contributed by atoms with Crippen molar-refractivity contribution in [2.45, 2.75) is 95.7 Å². The van der Waals surface area contributed by atoms with Crippen LogP contribution in [0.1, 0.15) is 94.7 Å². The Bertz CT molecular complexity index is 838. The second-order valence-electron chi connectivity index (χ2n) is 9.52. The monoisotopic (exact) mass is 486 g/mol. The van der Waals surface area contributed by atoms with Gasteiger partial charge in [-0.2, -0.15) is 0 Å². The Kier molecular flexibility index (Phi) is 10.1. The Morgan fingerprint density at radius 3 is 2.18 bits per heavy atom. The van der Waals surface area contributed by atoms with Crippen LogP contribution in [0, 0.1) is 0 Å². The number of hydrogen-bond acceptors (Lipinski definition) is 4. The van der Waals surface area contributed by atoms with E-state index in [1.54, 1.807) is 0 Å². The van der Waals surface area contributed by atoms with Gasteiger partial charge in [-0.1, -0.05) is 87.7 Å². The molecule has 0 aliphatic carbocycles. The molecule has 0 aromatic heterocycles. The number of unbranched alkanes of at least 4 members (excludes halogenated alkanes) is 7. The van der Waals surface area contributed by atoms with E-state index >= 15 is 0 Å². The third-order valence-corrected chi connectivity index (χ3v) is 7.09. The molecule has 1 unspecified atom stereocenters. The van der Waals surface area contributed by atoms with Crippen LogP contribution in [0.4, 0.5) is 0 Å². The molecule has 2 saturated heterocycles. The smallest absolute Gasteiger partial charge is 0.184 e. The highest BCUT2D eigenvalue weighted by Gasteiger charge is 2.38. The lowest BCUT2D eigenvalue weighted by atomic mass is 9.96. The summed E-state index contributed by atoms with van der Waals surface area (Å²) in [4.78, 5) is 0. The zero-order valence-corrected chi connectivity index (χ0v) is 21.2. The zero-order chi connectivity index (χ0) is 23.6. The van der Waals surface area contributed by atoms with Gasteiger partial charge in [0, 0.05) is 10.6 Å². The lowest BCUT2D eigenvalue weighted by molar-refractivity contribution is -0.289. The van der Waals surface area contributed by atoms with Crippen LogP contribution in [0.3, 0.4) is 0 Å². The molecule has 0 spiro atoms. The standard InChI is InChI=1S/C29H39ClO4/c1-2-3-4-5-6-7-8-9-20-31-25-16-12-23(13-17-25)29-32-21-28-27(34-29)19-18-26(33-28)22-10-14-24(30)15-11-22/h10-17,26-29H,2-9,18-21H2,1H3/t26-,27+,28-,29?/m1/s1. The average molecular weight is 487 g/mol. The minimum absolute atomic E-state index is 0.0417. The number of rotatable bonds is 12. The van der Waals surface area contributed by atoms with Crippen LogP contribution < -0.4 is 4.74 Å². The Morgan fingerprint density at radius 1 is 0.765 bits per heavy atom. The Balaban J connectivity index is 1.16.